The quantitative estimate of drug-likeness (QED) is 0.757. The van der Waals surface area contributed by atoms with Crippen molar-refractivity contribution in [2.75, 3.05) is 36.5 Å². The zero-order valence-corrected chi connectivity index (χ0v) is 16.1. The van der Waals surface area contributed by atoms with E-state index in [9.17, 15) is 4.79 Å². The molecule has 7 nitrogen and oxygen atoms in total. The van der Waals surface area contributed by atoms with Crippen LogP contribution in [0.15, 0.2) is 48.8 Å². The molecule has 1 aromatic heterocycles. The van der Waals surface area contributed by atoms with Gasteiger partial charge in [-0.1, -0.05) is 24.3 Å². The standard InChI is InChI=1S/C21H23N5O2/c1-15-16(20-24-22-14-25(20)2)7-5-8-18(15)23-21(27)17-6-3-4-9-19(17)26-10-12-28-13-11-26/h3-9,14H,10-13H2,1-2H3,(H,23,27). The second kappa shape index (κ2) is 7.82. The van der Waals surface area contributed by atoms with E-state index in [1.165, 1.54) is 0 Å². The molecule has 7 heteroatoms. The molecular formula is C21H23N5O2. The Morgan fingerprint density at radius 2 is 1.89 bits per heavy atom. The minimum Gasteiger partial charge on any atom is -0.378 e. The molecule has 0 unspecified atom stereocenters. The van der Waals surface area contributed by atoms with Crippen LogP contribution in [-0.2, 0) is 11.8 Å². The van der Waals surface area contributed by atoms with Crippen LogP contribution >= 0.6 is 0 Å². The van der Waals surface area contributed by atoms with Gasteiger partial charge in [-0.2, -0.15) is 0 Å². The normalized spacial score (nSPS) is 14.1. The molecule has 144 valence electrons. The number of benzene rings is 2. The number of amides is 1. The number of para-hydroxylation sites is 1. The zero-order valence-electron chi connectivity index (χ0n) is 16.1. The molecule has 1 amide bonds. The smallest absolute Gasteiger partial charge is 0.257 e. The number of ether oxygens (including phenoxy) is 1. The number of hydrogen-bond acceptors (Lipinski definition) is 5. The van der Waals surface area contributed by atoms with E-state index in [-0.39, 0.29) is 5.91 Å². The van der Waals surface area contributed by atoms with Crippen LogP contribution in [0.25, 0.3) is 11.4 Å². The zero-order chi connectivity index (χ0) is 19.5. The minimum absolute atomic E-state index is 0.125. The SMILES string of the molecule is Cc1c(NC(=O)c2ccccc2N2CCOCC2)cccc1-c1nncn1C. The van der Waals surface area contributed by atoms with Gasteiger partial charge in [0.2, 0.25) is 0 Å². The molecule has 2 aromatic carbocycles. The molecule has 0 radical (unpaired) electrons. The van der Waals surface area contributed by atoms with Gasteiger partial charge in [0.1, 0.15) is 6.33 Å². The van der Waals surface area contributed by atoms with Crippen molar-refractivity contribution >= 4 is 17.3 Å². The number of carbonyl (C=O) groups excluding carboxylic acids is 1. The Hall–Kier alpha value is -3.19. The van der Waals surface area contributed by atoms with Crippen LogP contribution < -0.4 is 10.2 Å². The third kappa shape index (κ3) is 3.48. The maximum Gasteiger partial charge on any atom is 0.257 e. The first-order valence-electron chi connectivity index (χ1n) is 9.32. The highest BCUT2D eigenvalue weighted by Crippen LogP contribution is 2.28. The van der Waals surface area contributed by atoms with Gasteiger partial charge in [0.05, 0.1) is 18.8 Å². The fraction of sp³-hybridized carbons (Fsp3) is 0.286. The lowest BCUT2D eigenvalue weighted by atomic mass is 10.0. The fourth-order valence-corrected chi connectivity index (χ4v) is 3.48. The fourth-order valence-electron chi connectivity index (χ4n) is 3.48. The van der Waals surface area contributed by atoms with Gasteiger partial charge in [-0.25, -0.2) is 0 Å². The summed E-state index contributed by atoms with van der Waals surface area (Å²) in [7, 11) is 1.90. The average Bonchev–Trinajstić information content (AvgIpc) is 3.16. The number of rotatable bonds is 4. The van der Waals surface area contributed by atoms with Gasteiger partial charge in [0.25, 0.3) is 5.91 Å². The van der Waals surface area contributed by atoms with E-state index in [1.54, 1.807) is 6.33 Å². The van der Waals surface area contributed by atoms with Gasteiger partial charge < -0.3 is 19.5 Å². The molecule has 0 atom stereocenters. The first-order valence-corrected chi connectivity index (χ1v) is 9.32. The third-order valence-corrected chi connectivity index (χ3v) is 5.03. The summed E-state index contributed by atoms with van der Waals surface area (Å²) in [5.74, 6) is 0.641. The second-order valence-electron chi connectivity index (χ2n) is 6.81. The van der Waals surface area contributed by atoms with E-state index in [2.05, 4.69) is 20.4 Å². The van der Waals surface area contributed by atoms with Crippen LogP contribution in [0.1, 0.15) is 15.9 Å². The molecule has 28 heavy (non-hydrogen) atoms. The van der Waals surface area contributed by atoms with E-state index in [4.69, 9.17) is 4.74 Å². The maximum absolute atomic E-state index is 13.1. The van der Waals surface area contributed by atoms with Crippen LogP contribution in [0.4, 0.5) is 11.4 Å². The van der Waals surface area contributed by atoms with E-state index < -0.39 is 0 Å². The van der Waals surface area contributed by atoms with Crippen LogP contribution in [0, 0.1) is 6.92 Å². The molecule has 0 spiro atoms. The number of nitrogens with zero attached hydrogens (tertiary/aromatic N) is 4. The molecule has 3 aromatic rings. The Morgan fingerprint density at radius 3 is 2.64 bits per heavy atom. The number of aryl methyl sites for hydroxylation is 1. The number of nitrogens with one attached hydrogen (secondary N) is 1. The predicted molar refractivity (Wildman–Crippen MR) is 109 cm³/mol. The molecule has 1 N–H and O–H groups in total. The summed E-state index contributed by atoms with van der Waals surface area (Å²) < 4.78 is 7.30. The molecule has 2 heterocycles. The molecule has 1 saturated heterocycles. The Bertz CT molecular complexity index is 992. The monoisotopic (exact) mass is 377 g/mol. The van der Waals surface area contributed by atoms with Crippen molar-refractivity contribution in [1.29, 1.82) is 0 Å². The number of carbonyl (C=O) groups is 1. The van der Waals surface area contributed by atoms with Gasteiger partial charge in [-0.05, 0) is 30.7 Å². The third-order valence-electron chi connectivity index (χ3n) is 5.03. The maximum atomic E-state index is 13.1. The van der Waals surface area contributed by atoms with Gasteiger partial charge in [0.15, 0.2) is 5.82 Å². The summed E-state index contributed by atoms with van der Waals surface area (Å²) in [5, 5.41) is 11.2. The lowest BCUT2D eigenvalue weighted by Crippen LogP contribution is -2.37. The van der Waals surface area contributed by atoms with Crippen molar-refractivity contribution in [3.8, 4) is 11.4 Å². The summed E-state index contributed by atoms with van der Waals surface area (Å²) >= 11 is 0. The minimum atomic E-state index is -0.125. The van der Waals surface area contributed by atoms with E-state index in [1.807, 2.05) is 61.0 Å². The highest BCUT2D eigenvalue weighted by atomic mass is 16.5. The molecule has 1 fully saturated rings. The highest BCUT2D eigenvalue weighted by molar-refractivity contribution is 6.08. The lowest BCUT2D eigenvalue weighted by molar-refractivity contribution is 0.102. The molecule has 1 aliphatic rings. The van der Waals surface area contributed by atoms with Crippen molar-refractivity contribution < 1.29 is 9.53 Å². The molecule has 0 saturated carbocycles. The van der Waals surface area contributed by atoms with Crippen LogP contribution in [0.5, 0.6) is 0 Å². The Morgan fingerprint density at radius 1 is 1.11 bits per heavy atom. The van der Waals surface area contributed by atoms with Gasteiger partial charge in [-0.15, -0.1) is 10.2 Å². The summed E-state index contributed by atoms with van der Waals surface area (Å²) in [6, 6.07) is 13.5. The van der Waals surface area contributed by atoms with Crippen molar-refractivity contribution in [3.05, 3.63) is 59.9 Å². The van der Waals surface area contributed by atoms with Gasteiger partial charge in [-0.3, -0.25) is 4.79 Å². The topological polar surface area (TPSA) is 72.3 Å². The molecule has 1 aliphatic heterocycles. The highest BCUT2D eigenvalue weighted by Gasteiger charge is 2.19. The predicted octanol–water partition coefficient (Wildman–Crippen LogP) is 2.88. The second-order valence-corrected chi connectivity index (χ2v) is 6.81. The molecule has 0 bridgehead atoms. The van der Waals surface area contributed by atoms with Crippen molar-refractivity contribution in [2.24, 2.45) is 7.05 Å². The van der Waals surface area contributed by atoms with E-state index in [0.29, 0.717) is 18.8 Å². The number of morpholine rings is 1. The summed E-state index contributed by atoms with van der Waals surface area (Å²) in [5.41, 5.74) is 4.26. The number of aromatic nitrogens is 3. The van der Waals surface area contributed by atoms with Gasteiger partial charge >= 0.3 is 0 Å². The summed E-state index contributed by atoms with van der Waals surface area (Å²) in [6.45, 7) is 4.90. The lowest BCUT2D eigenvalue weighted by Gasteiger charge is -2.30. The summed E-state index contributed by atoms with van der Waals surface area (Å²) in [6.07, 6.45) is 1.67. The summed E-state index contributed by atoms with van der Waals surface area (Å²) in [4.78, 5) is 15.3. The molecular weight excluding hydrogens is 354 g/mol. The van der Waals surface area contributed by atoms with Crippen molar-refractivity contribution in [1.82, 2.24) is 14.8 Å². The van der Waals surface area contributed by atoms with Gasteiger partial charge in [0, 0.05) is 37.1 Å². The van der Waals surface area contributed by atoms with E-state index >= 15 is 0 Å². The molecule has 4 rings (SSSR count). The Labute approximate surface area is 164 Å². The van der Waals surface area contributed by atoms with E-state index in [0.717, 1.165) is 41.4 Å². The van der Waals surface area contributed by atoms with Crippen molar-refractivity contribution in [3.63, 3.8) is 0 Å². The number of hydrogen-bond donors (Lipinski definition) is 1. The first-order chi connectivity index (χ1) is 13.6. The Balaban J connectivity index is 1.62. The largest absolute Gasteiger partial charge is 0.378 e. The Kier molecular flexibility index (Phi) is 5.08. The van der Waals surface area contributed by atoms with Crippen LogP contribution in [0.3, 0.4) is 0 Å². The molecule has 0 aliphatic carbocycles. The van der Waals surface area contributed by atoms with Crippen molar-refractivity contribution in [2.45, 2.75) is 6.92 Å². The van der Waals surface area contributed by atoms with Crippen LogP contribution in [0.2, 0.25) is 0 Å². The number of anilines is 2. The van der Waals surface area contributed by atoms with Crippen LogP contribution in [-0.4, -0.2) is 47.0 Å². The average molecular weight is 377 g/mol. The first kappa shape index (κ1) is 18.2.